The third-order valence-electron chi connectivity index (χ3n) is 3.89. The third kappa shape index (κ3) is 3.95. The Morgan fingerprint density at radius 2 is 2.40 bits per heavy atom. The lowest BCUT2D eigenvalue weighted by Crippen LogP contribution is -2.48. The molecule has 2 rings (SSSR count). The maximum absolute atomic E-state index is 11.2. The van der Waals surface area contributed by atoms with E-state index >= 15 is 0 Å². The van der Waals surface area contributed by atoms with Gasteiger partial charge < -0.3 is 10.4 Å². The molecule has 0 spiro atoms. The number of hydrogen-bond donors (Lipinski definition) is 2. The zero-order valence-corrected chi connectivity index (χ0v) is 12.4. The van der Waals surface area contributed by atoms with Gasteiger partial charge in [-0.25, -0.2) is 0 Å². The molecular weight excluding hydrogens is 276 g/mol. The SMILES string of the molecule is CNC(C(=O)O)C1CCCN(Cc2cccc(Cl)c2)C1. The molecule has 2 N–H and O–H groups in total. The van der Waals surface area contributed by atoms with E-state index in [9.17, 15) is 9.90 Å². The predicted octanol–water partition coefficient (Wildman–Crippen LogP) is 2.22. The number of aliphatic carboxylic acids is 1. The van der Waals surface area contributed by atoms with Crippen LogP contribution in [0.25, 0.3) is 0 Å². The lowest BCUT2D eigenvalue weighted by Gasteiger charge is -2.35. The zero-order valence-electron chi connectivity index (χ0n) is 11.7. The van der Waals surface area contributed by atoms with Crippen LogP contribution in [0.5, 0.6) is 0 Å². The van der Waals surface area contributed by atoms with Crippen LogP contribution in [0.3, 0.4) is 0 Å². The van der Waals surface area contributed by atoms with E-state index in [1.165, 1.54) is 5.56 Å². The number of rotatable bonds is 5. The Morgan fingerprint density at radius 3 is 3.05 bits per heavy atom. The van der Waals surface area contributed by atoms with Gasteiger partial charge in [-0.1, -0.05) is 23.7 Å². The molecule has 0 bridgehead atoms. The second kappa shape index (κ2) is 7.07. The summed E-state index contributed by atoms with van der Waals surface area (Å²) in [5.74, 6) is -0.604. The average molecular weight is 297 g/mol. The largest absolute Gasteiger partial charge is 0.480 e. The molecule has 0 aromatic heterocycles. The van der Waals surface area contributed by atoms with Crippen molar-refractivity contribution in [2.75, 3.05) is 20.1 Å². The summed E-state index contributed by atoms with van der Waals surface area (Å²) in [6, 6.07) is 7.38. The molecule has 5 heteroatoms. The van der Waals surface area contributed by atoms with Gasteiger partial charge in [0.1, 0.15) is 6.04 Å². The van der Waals surface area contributed by atoms with Gasteiger partial charge in [0, 0.05) is 18.1 Å². The number of benzene rings is 1. The van der Waals surface area contributed by atoms with Gasteiger partial charge in [-0.2, -0.15) is 0 Å². The highest BCUT2D eigenvalue weighted by Crippen LogP contribution is 2.22. The molecule has 1 heterocycles. The van der Waals surface area contributed by atoms with Crippen molar-refractivity contribution in [3.05, 3.63) is 34.9 Å². The Hall–Kier alpha value is -1.10. The van der Waals surface area contributed by atoms with E-state index in [1.807, 2.05) is 18.2 Å². The number of piperidine rings is 1. The molecule has 0 saturated carbocycles. The molecule has 1 aliphatic heterocycles. The molecule has 0 aliphatic carbocycles. The summed E-state index contributed by atoms with van der Waals surface area (Å²) >= 11 is 6.00. The molecular formula is C15H21ClN2O2. The number of likely N-dealkylation sites (N-methyl/N-ethyl adjacent to an activating group) is 1. The first-order valence-corrected chi connectivity index (χ1v) is 7.35. The van der Waals surface area contributed by atoms with Gasteiger partial charge in [0.2, 0.25) is 0 Å². The summed E-state index contributed by atoms with van der Waals surface area (Å²) in [5, 5.41) is 12.9. The van der Waals surface area contributed by atoms with Gasteiger partial charge in [-0.05, 0) is 50.0 Å². The summed E-state index contributed by atoms with van der Waals surface area (Å²) in [5.41, 5.74) is 1.18. The van der Waals surface area contributed by atoms with E-state index in [0.29, 0.717) is 0 Å². The Bertz CT molecular complexity index is 467. The molecule has 0 radical (unpaired) electrons. The Balaban J connectivity index is 1.98. The van der Waals surface area contributed by atoms with Gasteiger partial charge in [0.05, 0.1) is 0 Å². The fourth-order valence-corrected chi connectivity index (χ4v) is 3.17. The summed E-state index contributed by atoms with van der Waals surface area (Å²) in [7, 11) is 1.72. The van der Waals surface area contributed by atoms with Crippen LogP contribution in [-0.4, -0.2) is 42.2 Å². The molecule has 2 unspecified atom stereocenters. The normalized spacial score (nSPS) is 21.6. The Kier molecular flexibility index (Phi) is 5.40. The van der Waals surface area contributed by atoms with Crippen molar-refractivity contribution in [1.82, 2.24) is 10.2 Å². The molecule has 1 fully saturated rings. The lowest BCUT2D eigenvalue weighted by atomic mass is 9.90. The zero-order chi connectivity index (χ0) is 14.5. The molecule has 1 aliphatic rings. The van der Waals surface area contributed by atoms with E-state index < -0.39 is 12.0 Å². The number of hydrogen-bond acceptors (Lipinski definition) is 3. The van der Waals surface area contributed by atoms with Crippen LogP contribution in [0.1, 0.15) is 18.4 Å². The van der Waals surface area contributed by atoms with Gasteiger partial charge >= 0.3 is 5.97 Å². The van der Waals surface area contributed by atoms with Crippen LogP contribution < -0.4 is 5.32 Å². The third-order valence-corrected chi connectivity index (χ3v) is 4.12. The summed E-state index contributed by atoms with van der Waals surface area (Å²) in [6.07, 6.45) is 2.00. The molecule has 110 valence electrons. The van der Waals surface area contributed by atoms with Crippen molar-refractivity contribution in [3.63, 3.8) is 0 Å². The summed E-state index contributed by atoms with van der Waals surface area (Å²) < 4.78 is 0. The van der Waals surface area contributed by atoms with Crippen LogP contribution in [0.4, 0.5) is 0 Å². The van der Waals surface area contributed by atoms with Crippen molar-refractivity contribution < 1.29 is 9.90 Å². The molecule has 1 aromatic rings. The first kappa shape index (κ1) is 15.3. The topological polar surface area (TPSA) is 52.6 Å². The average Bonchev–Trinajstić information content (AvgIpc) is 2.39. The van der Waals surface area contributed by atoms with Crippen molar-refractivity contribution >= 4 is 17.6 Å². The highest BCUT2D eigenvalue weighted by Gasteiger charge is 2.30. The number of carboxylic acid groups (broad SMARTS) is 1. The molecule has 2 atom stereocenters. The van der Waals surface area contributed by atoms with Crippen LogP contribution in [0, 0.1) is 5.92 Å². The fourth-order valence-electron chi connectivity index (χ4n) is 2.96. The number of carbonyl (C=O) groups is 1. The quantitative estimate of drug-likeness (QED) is 0.875. The Morgan fingerprint density at radius 1 is 1.60 bits per heavy atom. The monoisotopic (exact) mass is 296 g/mol. The minimum atomic E-state index is -0.762. The number of nitrogens with zero attached hydrogens (tertiary/aromatic N) is 1. The van der Waals surface area contributed by atoms with Crippen molar-refractivity contribution in [1.29, 1.82) is 0 Å². The minimum Gasteiger partial charge on any atom is -0.480 e. The number of nitrogens with one attached hydrogen (secondary N) is 1. The van der Waals surface area contributed by atoms with Crippen molar-refractivity contribution in [2.45, 2.75) is 25.4 Å². The first-order chi connectivity index (χ1) is 9.60. The second-order valence-corrected chi connectivity index (χ2v) is 5.81. The van der Waals surface area contributed by atoms with Gasteiger partial charge in [-0.3, -0.25) is 9.69 Å². The van der Waals surface area contributed by atoms with Crippen LogP contribution in [-0.2, 0) is 11.3 Å². The highest BCUT2D eigenvalue weighted by molar-refractivity contribution is 6.30. The van der Waals surface area contributed by atoms with Crippen LogP contribution in [0.15, 0.2) is 24.3 Å². The fraction of sp³-hybridized carbons (Fsp3) is 0.533. The van der Waals surface area contributed by atoms with Crippen molar-refractivity contribution in [3.8, 4) is 0 Å². The molecule has 4 nitrogen and oxygen atoms in total. The van der Waals surface area contributed by atoms with Crippen LogP contribution in [0.2, 0.25) is 5.02 Å². The van der Waals surface area contributed by atoms with Crippen LogP contribution >= 0.6 is 11.6 Å². The number of carboxylic acids is 1. The second-order valence-electron chi connectivity index (χ2n) is 5.37. The summed E-state index contributed by atoms with van der Waals surface area (Å²) in [4.78, 5) is 13.6. The maximum atomic E-state index is 11.2. The standard InChI is InChI=1S/C15H21ClN2O2/c1-17-14(15(19)20)12-5-3-7-18(10-12)9-11-4-2-6-13(16)8-11/h2,4,6,8,12,14,17H,3,5,7,9-10H2,1H3,(H,19,20). The van der Waals surface area contributed by atoms with E-state index in [0.717, 1.165) is 37.5 Å². The molecule has 20 heavy (non-hydrogen) atoms. The predicted molar refractivity (Wildman–Crippen MR) is 79.9 cm³/mol. The van der Waals surface area contributed by atoms with E-state index in [2.05, 4.69) is 16.3 Å². The lowest BCUT2D eigenvalue weighted by molar-refractivity contribution is -0.141. The molecule has 0 amide bonds. The van der Waals surface area contributed by atoms with Gasteiger partial charge in [0.15, 0.2) is 0 Å². The first-order valence-electron chi connectivity index (χ1n) is 6.97. The molecule has 1 aromatic carbocycles. The minimum absolute atomic E-state index is 0.158. The molecule has 1 saturated heterocycles. The van der Waals surface area contributed by atoms with Gasteiger partial charge in [-0.15, -0.1) is 0 Å². The van der Waals surface area contributed by atoms with E-state index in [-0.39, 0.29) is 5.92 Å². The highest BCUT2D eigenvalue weighted by atomic mass is 35.5. The number of halogens is 1. The smallest absolute Gasteiger partial charge is 0.321 e. The summed E-state index contributed by atoms with van der Waals surface area (Å²) in [6.45, 7) is 2.65. The van der Waals surface area contributed by atoms with Gasteiger partial charge in [0.25, 0.3) is 0 Å². The van der Waals surface area contributed by atoms with Crippen molar-refractivity contribution in [2.24, 2.45) is 5.92 Å². The van der Waals surface area contributed by atoms with E-state index in [4.69, 9.17) is 11.6 Å². The Labute approximate surface area is 124 Å². The number of likely N-dealkylation sites (tertiary alicyclic amines) is 1. The van der Waals surface area contributed by atoms with E-state index in [1.54, 1.807) is 7.05 Å². The maximum Gasteiger partial charge on any atom is 0.321 e.